The zero-order valence-electron chi connectivity index (χ0n) is 9.21. The van der Waals surface area contributed by atoms with Crippen molar-refractivity contribution in [1.82, 2.24) is 4.90 Å². The van der Waals surface area contributed by atoms with Crippen LogP contribution in [-0.2, 0) is 0 Å². The van der Waals surface area contributed by atoms with Gasteiger partial charge in [-0.1, -0.05) is 0 Å². The maximum Gasteiger partial charge on any atom is 0.408 e. The number of carbonyl (C=O) groups is 1. The van der Waals surface area contributed by atoms with E-state index in [9.17, 15) is 9.90 Å². The van der Waals surface area contributed by atoms with E-state index in [1.807, 2.05) is 20.8 Å². The summed E-state index contributed by atoms with van der Waals surface area (Å²) in [5, 5.41) is 9.21. The van der Waals surface area contributed by atoms with Gasteiger partial charge in [0.1, 0.15) is 0 Å². The first-order valence-electron chi connectivity index (χ1n) is 5.07. The number of nitrogens with two attached hydrogens (primary N) is 1. The summed E-state index contributed by atoms with van der Waals surface area (Å²) < 4.78 is 0. The van der Waals surface area contributed by atoms with E-state index < -0.39 is 6.09 Å². The highest BCUT2D eigenvalue weighted by atomic mass is 16.4. The molecular formula is C10H20N2O2. The lowest BCUT2D eigenvalue weighted by molar-refractivity contribution is -0.0231. The molecule has 82 valence electrons. The van der Waals surface area contributed by atoms with Crippen molar-refractivity contribution in [2.75, 3.05) is 6.54 Å². The van der Waals surface area contributed by atoms with Crippen LogP contribution in [0, 0.1) is 0 Å². The van der Waals surface area contributed by atoms with Crippen molar-refractivity contribution in [2.45, 2.75) is 51.1 Å². The third-order valence-electron chi connectivity index (χ3n) is 3.00. The van der Waals surface area contributed by atoms with E-state index in [1.54, 1.807) is 0 Å². The van der Waals surface area contributed by atoms with Gasteiger partial charge in [-0.05, 0) is 40.0 Å². The molecule has 1 fully saturated rings. The fourth-order valence-corrected chi connectivity index (χ4v) is 2.31. The molecule has 0 aromatic heterocycles. The van der Waals surface area contributed by atoms with Gasteiger partial charge in [0.2, 0.25) is 0 Å². The Morgan fingerprint density at radius 2 is 2.00 bits per heavy atom. The minimum Gasteiger partial charge on any atom is -0.465 e. The maximum absolute atomic E-state index is 11.2. The molecule has 1 rings (SSSR count). The topological polar surface area (TPSA) is 66.6 Å². The molecule has 0 spiro atoms. The molecule has 0 aromatic rings. The van der Waals surface area contributed by atoms with Gasteiger partial charge in [0.15, 0.2) is 0 Å². The quantitative estimate of drug-likeness (QED) is 0.712. The second kappa shape index (κ2) is 3.42. The van der Waals surface area contributed by atoms with Gasteiger partial charge in [0.25, 0.3) is 0 Å². The first-order valence-corrected chi connectivity index (χ1v) is 5.07. The molecule has 1 saturated carbocycles. The fourth-order valence-electron chi connectivity index (χ4n) is 2.31. The van der Waals surface area contributed by atoms with Crippen LogP contribution in [0.3, 0.4) is 0 Å². The highest BCUT2D eigenvalue weighted by Crippen LogP contribution is 2.40. The summed E-state index contributed by atoms with van der Waals surface area (Å²) in [6.07, 6.45) is 2.01. The number of rotatable bonds is 2. The molecule has 0 heterocycles. The van der Waals surface area contributed by atoms with Crippen molar-refractivity contribution in [3.63, 3.8) is 0 Å². The van der Waals surface area contributed by atoms with Gasteiger partial charge >= 0.3 is 6.09 Å². The number of hydrogen-bond acceptors (Lipinski definition) is 2. The molecule has 3 N–H and O–H groups in total. The highest BCUT2D eigenvalue weighted by Gasteiger charge is 2.48. The van der Waals surface area contributed by atoms with E-state index in [4.69, 9.17) is 5.73 Å². The molecule has 1 amide bonds. The lowest BCUT2D eigenvalue weighted by Crippen LogP contribution is -2.65. The summed E-state index contributed by atoms with van der Waals surface area (Å²) >= 11 is 0. The van der Waals surface area contributed by atoms with Crippen molar-refractivity contribution >= 4 is 6.09 Å². The Kier molecular flexibility index (Phi) is 2.76. The molecule has 1 aliphatic carbocycles. The molecular weight excluding hydrogens is 180 g/mol. The molecule has 0 atom stereocenters. The first kappa shape index (κ1) is 11.3. The van der Waals surface area contributed by atoms with Crippen LogP contribution in [-0.4, -0.2) is 33.7 Å². The summed E-state index contributed by atoms with van der Waals surface area (Å²) in [4.78, 5) is 12.7. The van der Waals surface area contributed by atoms with Crippen molar-refractivity contribution in [1.29, 1.82) is 0 Å². The number of carboxylic acid groups (broad SMARTS) is 1. The summed E-state index contributed by atoms with van der Waals surface area (Å²) in [5.74, 6) is 0. The van der Waals surface area contributed by atoms with Crippen molar-refractivity contribution in [3.05, 3.63) is 0 Å². The monoisotopic (exact) mass is 200 g/mol. The van der Waals surface area contributed by atoms with E-state index in [0.717, 1.165) is 19.3 Å². The second-order valence-electron chi connectivity index (χ2n) is 5.07. The smallest absolute Gasteiger partial charge is 0.408 e. The largest absolute Gasteiger partial charge is 0.465 e. The van der Waals surface area contributed by atoms with Crippen LogP contribution in [0.1, 0.15) is 40.0 Å². The van der Waals surface area contributed by atoms with Gasteiger partial charge < -0.3 is 10.8 Å². The molecule has 4 nitrogen and oxygen atoms in total. The molecule has 0 unspecified atom stereocenters. The Bertz CT molecular complexity index is 223. The lowest BCUT2D eigenvalue weighted by atomic mass is 9.73. The van der Waals surface area contributed by atoms with E-state index in [2.05, 4.69) is 0 Å². The molecule has 0 radical (unpaired) electrons. The van der Waals surface area contributed by atoms with Gasteiger partial charge in [0, 0.05) is 12.1 Å². The zero-order chi connectivity index (χ0) is 11.0. The van der Waals surface area contributed by atoms with Gasteiger partial charge in [-0.25, -0.2) is 4.79 Å². The summed E-state index contributed by atoms with van der Waals surface area (Å²) in [6.45, 7) is 6.17. The predicted octanol–water partition coefficient (Wildman–Crippen LogP) is 1.65. The van der Waals surface area contributed by atoms with Gasteiger partial charge in [-0.15, -0.1) is 0 Å². The van der Waals surface area contributed by atoms with Crippen LogP contribution in [0.25, 0.3) is 0 Å². The Balaban J connectivity index is 2.93. The summed E-state index contributed by atoms with van der Waals surface area (Å²) in [5.41, 5.74) is 5.03. The average molecular weight is 200 g/mol. The third kappa shape index (κ3) is 1.71. The highest BCUT2D eigenvalue weighted by molar-refractivity contribution is 5.67. The van der Waals surface area contributed by atoms with Crippen molar-refractivity contribution in [2.24, 2.45) is 5.73 Å². The lowest BCUT2D eigenvalue weighted by Gasteiger charge is -2.53. The van der Waals surface area contributed by atoms with E-state index in [0.29, 0.717) is 6.54 Å². The van der Waals surface area contributed by atoms with Crippen LogP contribution in [0.5, 0.6) is 0 Å². The van der Waals surface area contributed by atoms with Gasteiger partial charge in [-0.2, -0.15) is 0 Å². The molecule has 0 aromatic carbocycles. The number of amides is 1. The molecule has 0 saturated heterocycles. The predicted molar refractivity (Wildman–Crippen MR) is 55.3 cm³/mol. The molecule has 0 aliphatic heterocycles. The average Bonchev–Trinajstić information content (AvgIpc) is 1.92. The minimum atomic E-state index is -0.859. The standard InChI is InChI=1S/C10H20N2O2/c1-9(2,3)12(8(13)14)10(7-11)5-4-6-10/h4-7,11H2,1-3H3,(H,13,14). The Labute approximate surface area is 85.1 Å². The molecule has 4 heteroatoms. The van der Waals surface area contributed by atoms with Crippen LogP contribution in [0.4, 0.5) is 4.79 Å². The van der Waals surface area contributed by atoms with Crippen molar-refractivity contribution in [3.8, 4) is 0 Å². The van der Waals surface area contributed by atoms with E-state index in [-0.39, 0.29) is 11.1 Å². The zero-order valence-corrected chi connectivity index (χ0v) is 9.21. The SMILES string of the molecule is CC(C)(C)N(C(=O)O)C1(CN)CCC1. The third-order valence-corrected chi connectivity index (χ3v) is 3.00. The Morgan fingerprint density at radius 1 is 1.50 bits per heavy atom. The van der Waals surface area contributed by atoms with Gasteiger partial charge in [0.05, 0.1) is 5.54 Å². The van der Waals surface area contributed by atoms with E-state index >= 15 is 0 Å². The number of nitrogens with zero attached hydrogens (tertiary/aromatic N) is 1. The summed E-state index contributed by atoms with van der Waals surface area (Å²) in [7, 11) is 0. The molecule has 1 aliphatic rings. The first-order chi connectivity index (χ1) is 6.33. The maximum atomic E-state index is 11.2. The normalized spacial score (nSPS) is 20.0. The van der Waals surface area contributed by atoms with Crippen LogP contribution in [0.2, 0.25) is 0 Å². The van der Waals surface area contributed by atoms with Gasteiger partial charge in [-0.3, -0.25) is 4.90 Å². The van der Waals surface area contributed by atoms with E-state index in [1.165, 1.54) is 4.90 Å². The number of hydrogen-bond donors (Lipinski definition) is 2. The minimum absolute atomic E-state index is 0.302. The molecule has 14 heavy (non-hydrogen) atoms. The summed E-state index contributed by atoms with van der Waals surface area (Å²) in [6, 6.07) is 0. The Hall–Kier alpha value is -0.770. The molecule has 0 bridgehead atoms. The fraction of sp³-hybridized carbons (Fsp3) is 0.900. The van der Waals surface area contributed by atoms with Crippen LogP contribution in [0.15, 0.2) is 0 Å². The second-order valence-corrected chi connectivity index (χ2v) is 5.07. The Morgan fingerprint density at radius 3 is 2.07 bits per heavy atom. The van der Waals surface area contributed by atoms with Crippen LogP contribution < -0.4 is 5.73 Å². The van der Waals surface area contributed by atoms with Crippen molar-refractivity contribution < 1.29 is 9.90 Å². The van der Waals surface area contributed by atoms with Crippen LogP contribution >= 0.6 is 0 Å².